The van der Waals surface area contributed by atoms with Crippen LogP contribution in [0.25, 0.3) is 22.9 Å². The molecule has 10 nitrogen and oxygen atoms in total. The molecule has 0 bridgehead atoms. The first-order valence-corrected chi connectivity index (χ1v) is 11.4. The van der Waals surface area contributed by atoms with Crippen LogP contribution in [0.3, 0.4) is 0 Å². The van der Waals surface area contributed by atoms with E-state index in [4.69, 9.17) is 14.2 Å². The van der Waals surface area contributed by atoms with E-state index in [9.17, 15) is 17.6 Å². The van der Waals surface area contributed by atoms with E-state index in [1.165, 1.54) is 40.0 Å². The molecule has 38 heavy (non-hydrogen) atoms. The highest BCUT2D eigenvalue weighted by Crippen LogP contribution is 2.45. The van der Waals surface area contributed by atoms with Gasteiger partial charge in [0.15, 0.2) is 28.9 Å². The van der Waals surface area contributed by atoms with Gasteiger partial charge in [0.05, 0.1) is 26.1 Å². The van der Waals surface area contributed by atoms with E-state index in [2.05, 4.69) is 29.9 Å². The van der Waals surface area contributed by atoms with Crippen molar-refractivity contribution in [2.45, 2.75) is 31.5 Å². The van der Waals surface area contributed by atoms with Crippen LogP contribution < -0.4 is 14.2 Å². The Labute approximate surface area is 213 Å². The lowest BCUT2D eigenvalue weighted by Gasteiger charge is -2.14. The Balaban J connectivity index is 1.41. The summed E-state index contributed by atoms with van der Waals surface area (Å²) in [7, 11) is 4.24. The van der Waals surface area contributed by atoms with Crippen molar-refractivity contribution < 1.29 is 31.8 Å². The van der Waals surface area contributed by atoms with Gasteiger partial charge in [0.25, 0.3) is 5.88 Å². The highest BCUT2D eigenvalue weighted by atomic mass is 19.4. The second kappa shape index (κ2) is 9.84. The number of aromatic nitrogens is 7. The van der Waals surface area contributed by atoms with E-state index in [1.54, 1.807) is 0 Å². The predicted octanol–water partition coefficient (Wildman–Crippen LogP) is 4.36. The number of hydrogen-bond acceptors (Lipinski definition) is 9. The summed E-state index contributed by atoms with van der Waals surface area (Å²) in [6, 6.07) is 1.11. The van der Waals surface area contributed by atoms with Gasteiger partial charge in [-0.05, 0) is 18.9 Å². The lowest BCUT2D eigenvalue weighted by molar-refractivity contribution is -0.140. The minimum absolute atomic E-state index is 0.0774. The summed E-state index contributed by atoms with van der Waals surface area (Å²) in [6.45, 7) is -0.163. The molecule has 0 spiro atoms. The second-order valence-electron chi connectivity index (χ2n) is 8.51. The predicted molar refractivity (Wildman–Crippen MR) is 124 cm³/mol. The third kappa shape index (κ3) is 4.93. The van der Waals surface area contributed by atoms with Crippen molar-refractivity contribution in [2.24, 2.45) is 7.05 Å². The topological polar surface area (TPSA) is 110 Å². The molecular weight excluding hydrogens is 510 g/mol. The Morgan fingerprint density at radius 3 is 2.42 bits per heavy atom. The van der Waals surface area contributed by atoms with Gasteiger partial charge in [-0.3, -0.25) is 0 Å². The van der Waals surface area contributed by atoms with Gasteiger partial charge in [-0.2, -0.15) is 18.2 Å². The number of imidazole rings is 1. The molecule has 4 aromatic heterocycles. The molecule has 4 aromatic rings. The fourth-order valence-electron chi connectivity index (χ4n) is 3.83. The number of alkyl halides is 3. The Bertz CT molecular complexity index is 1490. The normalized spacial score (nSPS) is 13.4. The fourth-order valence-corrected chi connectivity index (χ4v) is 3.83. The molecule has 1 aliphatic carbocycles. The van der Waals surface area contributed by atoms with Crippen LogP contribution in [0.4, 0.5) is 17.6 Å². The highest BCUT2D eigenvalue weighted by molar-refractivity contribution is 5.66. The van der Waals surface area contributed by atoms with E-state index in [-0.39, 0.29) is 41.5 Å². The Kier molecular flexibility index (Phi) is 6.55. The van der Waals surface area contributed by atoms with Gasteiger partial charge in [0, 0.05) is 30.9 Å². The SMILES string of the molecule is COc1cnc(-c2c(OC)ncnc2C2CC2)nc1OCc1cnc(-c2nc(C(F)(F)F)cn2C)c(F)c1. The third-order valence-corrected chi connectivity index (χ3v) is 5.82. The highest BCUT2D eigenvalue weighted by Gasteiger charge is 2.35. The first kappa shape index (κ1) is 25.3. The van der Waals surface area contributed by atoms with Gasteiger partial charge in [-0.25, -0.2) is 29.3 Å². The van der Waals surface area contributed by atoms with Gasteiger partial charge in [0.1, 0.15) is 24.2 Å². The average molecular weight is 531 g/mol. The molecule has 1 saturated carbocycles. The summed E-state index contributed by atoms with van der Waals surface area (Å²) in [5.41, 5.74) is 0.171. The van der Waals surface area contributed by atoms with Gasteiger partial charge >= 0.3 is 6.18 Å². The van der Waals surface area contributed by atoms with Crippen LogP contribution in [0.15, 0.2) is 31.0 Å². The Morgan fingerprint density at radius 2 is 1.79 bits per heavy atom. The molecule has 198 valence electrons. The lowest BCUT2D eigenvalue weighted by Crippen LogP contribution is -2.06. The van der Waals surface area contributed by atoms with E-state index in [0.717, 1.165) is 35.4 Å². The molecule has 1 fully saturated rings. The summed E-state index contributed by atoms with van der Waals surface area (Å²) in [4.78, 5) is 24.9. The largest absolute Gasteiger partial charge is 0.490 e. The molecule has 1 aliphatic rings. The number of aryl methyl sites for hydroxylation is 1. The minimum atomic E-state index is -4.66. The Hall–Kier alpha value is -4.36. The summed E-state index contributed by atoms with van der Waals surface area (Å²) < 4.78 is 71.4. The first-order chi connectivity index (χ1) is 18.2. The molecule has 0 radical (unpaired) electrons. The van der Waals surface area contributed by atoms with Gasteiger partial charge < -0.3 is 18.8 Å². The van der Waals surface area contributed by atoms with Crippen molar-refractivity contribution in [3.05, 3.63) is 53.8 Å². The smallest absolute Gasteiger partial charge is 0.434 e. The molecule has 14 heteroatoms. The summed E-state index contributed by atoms with van der Waals surface area (Å²) in [5, 5.41) is 0. The van der Waals surface area contributed by atoms with E-state index in [1.807, 2.05) is 0 Å². The number of methoxy groups -OCH3 is 2. The van der Waals surface area contributed by atoms with Crippen LogP contribution in [0.1, 0.15) is 35.7 Å². The summed E-state index contributed by atoms with van der Waals surface area (Å²) in [6.07, 6.45) is 2.22. The number of nitrogens with zero attached hydrogens (tertiary/aromatic N) is 7. The molecule has 0 unspecified atom stereocenters. The molecule has 0 amide bonds. The molecular formula is C24H21F4N7O3. The van der Waals surface area contributed by atoms with Crippen LogP contribution in [-0.4, -0.2) is 48.7 Å². The van der Waals surface area contributed by atoms with Crippen molar-refractivity contribution in [2.75, 3.05) is 14.2 Å². The van der Waals surface area contributed by atoms with Crippen molar-refractivity contribution in [1.82, 2.24) is 34.5 Å². The maximum atomic E-state index is 14.9. The second-order valence-corrected chi connectivity index (χ2v) is 8.51. The zero-order valence-corrected chi connectivity index (χ0v) is 20.5. The molecule has 0 saturated heterocycles. The molecule has 4 heterocycles. The first-order valence-electron chi connectivity index (χ1n) is 11.4. The standard InChI is InChI=1S/C24H21F4N7O3/c1-35-9-16(24(26,27)28)33-21(35)19-14(25)6-12(7-29-19)10-38-22-15(36-2)8-30-20(34-22)17-18(13-4-5-13)31-11-32-23(17)37-3/h6-9,11,13H,4-5,10H2,1-3H3. The minimum Gasteiger partial charge on any atom is -0.490 e. The quantitative estimate of drug-likeness (QED) is 0.306. The molecule has 5 rings (SSSR count). The zero-order chi connectivity index (χ0) is 27.0. The Morgan fingerprint density at radius 1 is 1.00 bits per heavy atom. The van der Waals surface area contributed by atoms with Crippen LogP contribution in [-0.2, 0) is 19.8 Å². The van der Waals surface area contributed by atoms with Gasteiger partial charge in [0.2, 0.25) is 5.88 Å². The zero-order valence-electron chi connectivity index (χ0n) is 20.5. The van der Waals surface area contributed by atoms with Crippen LogP contribution >= 0.6 is 0 Å². The van der Waals surface area contributed by atoms with Crippen molar-refractivity contribution in [3.8, 4) is 40.4 Å². The van der Waals surface area contributed by atoms with Crippen LogP contribution in [0, 0.1) is 5.82 Å². The molecule has 0 aromatic carbocycles. The number of halogens is 4. The van der Waals surface area contributed by atoms with E-state index >= 15 is 0 Å². The maximum Gasteiger partial charge on any atom is 0.434 e. The monoisotopic (exact) mass is 531 g/mol. The average Bonchev–Trinajstić information content (AvgIpc) is 3.67. The van der Waals surface area contributed by atoms with E-state index < -0.39 is 17.7 Å². The molecule has 0 N–H and O–H groups in total. The van der Waals surface area contributed by atoms with Gasteiger partial charge in [-0.1, -0.05) is 0 Å². The lowest BCUT2D eigenvalue weighted by atomic mass is 10.1. The van der Waals surface area contributed by atoms with Crippen LogP contribution in [0.2, 0.25) is 0 Å². The summed E-state index contributed by atoms with van der Waals surface area (Å²) >= 11 is 0. The number of rotatable bonds is 8. The third-order valence-electron chi connectivity index (χ3n) is 5.82. The fraction of sp³-hybridized carbons (Fsp3) is 0.333. The maximum absolute atomic E-state index is 14.9. The van der Waals surface area contributed by atoms with Crippen molar-refractivity contribution in [3.63, 3.8) is 0 Å². The van der Waals surface area contributed by atoms with Crippen molar-refractivity contribution >= 4 is 0 Å². The molecule has 0 atom stereocenters. The van der Waals surface area contributed by atoms with Crippen LogP contribution in [0.5, 0.6) is 17.5 Å². The van der Waals surface area contributed by atoms with Gasteiger partial charge in [-0.15, -0.1) is 0 Å². The van der Waals surface area contributed by atoms with Crippen molar-refractivity contribution in [1.29, 1.82) is 0 Å². The number of hydrogen-bond donors (Lipinski definition) is 0. The summed E-state index contributed by atoms with van der Waals surface area (Å²) in [5.74, 6) is 0.0520. The van der Waals surface area contributed by atoms with E-state index in [0.29, 0.717) is 17.0 Å². The number of ether oxygens (including phenoxy) is 3. The molecule has 0 aliphatic heterocycles. The number of pyridine rings is 1.